The molecule has 90 valence electrons. The summed E-state index contributed by atoms with van der Waals surface area (Å²) in [6, 6.07) is 5.04. The van der Waals surface area contributed by atoms with Crippen molar-refractivity contribution in [1.29, 1.82) is 0 Å². The van der Waals surface area contributed by atoms with Gasteiger partial charge in [-0.3, -0.25) is 0 Å². The van der Waals surface area contributed by atoms with Crippen LogP contribution in [0.4, 0.5) is 0 Å². The van der Waals surface area contributed by atoms with Crippen molar-refractivity contribution in [3.8, 4) is 5.75 Å². The Hall–Kier alpha value is -0.440. The topological polar surface area (TPSA) is 29.5 Å². The average Bonchev–Trinajstić information content (AvgIpc) is 2.20. The predicted molar refractivity (Wildman–Crippen MR) is 67.4 cm³/mol. The van der Waals surface area contributed by atoms with Gasteiger partial charge in [-0.05, 0) is 25.0 Å². The third-order valence-electron chi connectivity index (χ3n) is 2.67. The average molecular weight is 263 g/mol. The van der Waals surface area contributed by atoms with Crippen LogP contribution < -0.4 is 4.74 Å². The highest BCUT2D eigenvalue weighted by Gasteiger charge is 2.25. The monoisotopic (exact) mass is 262 g/mol. The van der Waals surface area contributed by atoms with E-state index in [-0.39, 0.29) is 12.5 Å². The molecule has 0 amide bonds. The molecule has 0 aromatic heterocycles. The predicted octanol–water partition coefficient (Wildman–Crippen LogP) is 3.78. The van der Waals surface area contributed by atoms with Crippen molar-refractivity contribution >= 4 is 23.2 Å². The smallest absolute Gasteiger partial charge is 0.121 e. The molecule has 0 radical (unpaired) electrons. The molecule has 0 aliphatic rings. The molecule has 2 nitrogen and oxygen atoms in total. The molecule has 1 unspecified atom stereocenters. The number of rotatable bonds is 4. The fraction of sp³-hybridized carbons (Fsp3) is 0.500. The molecule has 0 saturated carbocycles. The van der Waals surface area contributed by atoms with Gasteiger partial charge in [-0.1, -0.05) is 37.0 Å². The van der Waals surface area contributed by atoms with Crippen LogP contribution in [-0.4, -0.2) is 17.3 Å². The maximum absolute atomic E-state index is 9.99. The molecule has 0 saturated heterocycles. The Bertz CT molecular complexity index is 362. The van der Waals surface area contributed by atoms with Crippen molar-refractivity contribution in [2.75, 3.05) is 6.61 Å². The second kappa shape index (κ2) is 5.26. The van der Waals surface area contributed by atoms with Crippen molar-refractivity contribution in [1.82, 2.24) is 0 Å². The minimum atomic E-state index is -0.855. The summed E-state index contributed by atoms with van der Waals surface area (Å²) in [5.74, 6) is 0.727. The zero-order valence-electron chi connectivity index (χ0n) is 9.63. The zero-order chi connectivity index (χ0) is 12.3. The summed E-state index contributed by atoms with van der Waals surface area (Å²) in [5.41, 5.74) is -0.855. The van der Waals surface area contributed by atoms with E-state index in [4.69, 9.17) is 27.9 Å². The zero-order valence-corrected chi connectivity index (χ0v) is 11.1. The summed E-state index contributed by atoms with van der Waals surface area (Å²) in [6.45, 7) is 5.86. The van der Waals surface area contributed by atoms with Gasteiger partial charge in [-0.15, -0.1) is 0 Å². The lowest BCUT2D eigenvalue weighted by Crippen LogP contribution is -2.37. The van der Waals surface area contributed by atoms with Gasteiger partial charge in [-0.25, -0.2) is 0 Å². The van der Waals surface area contributed by atoms with Crippen LogP contribution in [-0.2, 0) is 0 Å². The highest BCUT2D eigenvalue weighted by molar-refractivity contribution is 6.42. The first kappa shape index (κ1) is 13.6. The fourth-order valence-electron chi connectivity index (χ4n) is 0.963. The minimum absolute atomic E-state index is 0.121. The third-order valence-corrected chi connectivity index (χ3v) is 3.40. The van der Waals surface area contributed by atoms with Gasteiger partial charge in [-0.2, -0.15) is 0 Å². The number of halogens is 2. The first-order valence-corrected chi connectivity index (χ1v) is 5.89. The number of ether oxygens (including phenoxy) is 1. The van der Waals surface area contributed by atoms with Crippen LogP contribution in [0.5, 0.6) is 5.75 Å². The van der Waals surface area contributed by atoms with Crippen molar-refractivity contribution in [3.05, 3.63) is 28.2 Å². The second-order valence-electron chi connectivity index (χ2n) is 4.38. The Morgan fingerprint density at radius 1 is 1.31 bits per heavy atom. The van der Waals surface area contributed by atoms with Crippen molar-refractivity contribution in [2.45, 2.75) is 26.4 Å². The molecule has 1 rings (SSSR count). The van der Waals surface area contributed by atoms with Gasteiger partial charge in [0, 0.05) is 6.07 Å². The van der Waals surface area contributed by atoms with Gasteiger partial charge in [0.15, 0.2) is 0 Å². The fourth-order valence-corrected chi connectivity index (χ4v) is 1.25. The van der Waals surface area contributed by atoms with Crippen LogP contribution in [0, 0.1) is 5.92 Å². The number of aliphatic hydroxyl groups is 1. The third kappa shape index (κ3) is 3.55. The lowest BCUT2D eigenvalue weighted by atomic mass is 9.94. The number of hydrogen-bond donors (Lipinski definition) is 1. The summed E-state index contributed by atoms with van der Waals surface area (Å²) in [7, 11) is 0. The maximum Gasteiger partial charge on any atom is 0.121 e. The minimum Gasteiger partial charge on any atom is -0.491 e. The highest BCUT2D eigenvalue weighted by Crippen LogP contribution is 2.27. The molecule has 0 fully saturated rings. The maximum atomic E-state index is 9.99. The van der Waals surface area contributed by atoms with Crippen molar-refractivity contribution < 1.29 is 9.84 Å². The molecule has 0 aliphatic carbocycles. The summed E-state index contributed by atoms with van der Waals surface area (Å²) in [4.78, 5) is 0. The first-order chi connectivity index (χ1) is 7.33. The second-order valence-corrected chi connectivity index (χ2v) is 5.19. The van der Waals surface area contributed by atoms with Gasteiger partial charge in [0.1, 0.15) is 12.4 Å². The van der Waals surface area contributed by atoms with Crippen LogP contribution in [0.2, 0.25) is 10.0 Å². The molecule has 4 heteroatoms. The van der Waals surface area contributed by atoms with Crippen LogP contribution in [0.3, 0.4) is 0 Å². The quantitative estimate of drug-likeness (QED) is 0.895. The van der Waals surface area contributed by atoms with Crippen LogP contribution in [0.1, 0.15) is 20.8 Å². The van der Waals surface area contributed by atoms with Gasteiger partial charge >= 0.3 is 0 Å². The highest BCUT2D eigenvalue weighted by atomic mass is 35.5. The Kier molecular flexibility index (Phi) is 4.48. The van der Waals surface area contributed by atoms with Crippen LogP contribution in [0.15, 0.2) is 18.2 Å². The van der Waals surface area contributed by atoms with E-state index >= 15 is 0 Å². The molecule has 1 N–H and O–H groups in total. The van der Waals surface area contributed by atoms with Crippen molar-refractivity contribution in [2.24, 2.45) is 5.92 Å². The summed E-state index contributed by atoms with van der Waals surface area (Å²) >= 11 is 11.6. The lowest BCUT2D eigenvalue weighted by Gasteiger charge is -2.27. The largest absolute Gasteiger partial charge is 0.491 e. The number of benzene rings is 1. The SMILES string of the molecule is CC(C)C(C)(O)COc1ccc(Cl)c(Cl)c1. The van der Waals surface area contributed by atoms with E-state index < -0.39 is 5.60 Å². The molecule has 0 heterocycles. The Balaban J connectivity index is 2.65. The molecule has 0 spiro atoms. The van der Waals surface area contributed by atoms with Gasteiger partial charge in [0.05, 0.1) is 15.6 Å². The first-order valence-electron chi connectivity index (χ1n) is 5.13. The normalized spacial score (nSPS) is 14.9. The molecule has 0 aliphatic heterocycles. The van der Waals surface area contributed by atoms with Gasteiger partial charge < -0.3 is 9.84 Å². The van der Waals surface area contributed by atoms with Crippen molar-refractivity contribution in [3.63, 3.8) is 0 Å². The van der Waals surface area contributed by atoms with Gasteiger partial charge in [0.2, 0.25) is 0 Å². The molecule has 1 atom stereocenters. The van der Waals surface area contributed by atoms with Crippen LogP contribution >= 0.6 is 23.2 Å². The molecule has 1 aromatic carbocycles. The molecular weight excluding hydrogens is 247 g/mol. The standard InChI is InChI=1S/C12H16Cl2O2/c1-8(2)12(3,15)7-16-9-4-5-10(13)11(14)6-9/h4-6,8,15H,7H2,1-3H3. The van der Waals surface area contributed by atoms with E-state index in [9.17, 15) is 5.11 Å². The van der Waals surface area contributed by atoms with E-state index in [0.717, 1.165) is 0 Å². The Labute approximate surface area is 106 Å². The molecule has 16 heavy (non-hydrogen) atoms. The summed E-state index contributed by atoms with van der Waals surface area (Å²) in [5, 5.41) is 10.9. The molecule has 0 bridgehead atoms. The van der Waals surface area contributed by atoms with Gasteiger partial charge in [0.25, 0.3) is 0 Å². The molecular formula is C12H16Cl2O2. The summed E-state index contributed by atoms with van der Waals surface area (Å²) in [6.07, 6.45) is 0. The summed E-state index contributed by atoms with van der Waals surface area (Å²) < 4.78 is 5.47. The lowest BCUT2D eigenvalue weighted by molar-refractivity contribution is -0.0266. The Morgan fingerprint density at radius 3 is 2.44 bits per heavy atom. The number of hydrogen-bond acceptors (Lipinski definition) is 2. The van der Waals surface area contributed by atoms with E-state index in [1.165, 1.54) is 0 Å². The van der Waals surface area contributed by atoms with E-state index in [2.05, 4.69) is 0 Å². The molecule has 1 aromatic rings. The Morgan fingerprint density at radius 2 is 1.94 bits per heavy atom. The van der Waals surface area contributed by atoms with E-state index in [1.54, 1.807) is 25.1 Å². The van der Waals surface area contributed by atoms with Crippen LogP contribution in [0.25, 0.3) is 0 Å². The van der Waals surface area contributed by atoms with E-state index in [1.807, 2.05) is 13.8 Å². The van der Waals surface area contributed by atoms with E-state index in [0.29, 0.717) is 15.8 Å².